The molecule has 3 N–H and O–H groups in total. The smallest absolute Gasteiger partial charge is 0.196 e. The Balaban J connectivity index is 1.57. The van der Waals surface area contributed by atoms with Crippen LogP contribution in [0, 0.1) is 0 Å². The van der Waals surface area contributed by atoms with E-state index in [4.69, 9.17) is 11.6 Å². The van der Waals surface area contributed by atoms with Crippen LogP contribution in [0.15, 0.2) is 36.4 Å². The van der Waals surface area contributed by atoms with E-state index in [9.17, 15) is 14.7 Å². The summed E-state index contributed by atoms with van der Waals surface area (Å²) in [5, 5.41) is 16.3. The van der Waals surface area contributed by atoms with Gasteiger partial charge in [0.15, 0.2) is 11.6 Å². The number of nitrogens with zero attached hydrogens (tertiary/aromatic N) is 1. The normalized spacial score (nSPS) is 16.9. The first-order valence-corrected chi connectivity index (χ1v) is 11.9. The fourth-order valence-electron chi connectivity index (χ4n) is 4.51. The largest absolute Gasteiger partial charge is 0.390 e. The van der Waals surface area contributed by atoms with Gasteiger partial charge < -0.3 is 20.6 Å². The van der Waals surface area contributed by atoms with Crippen molar-refractivity contribution in [1.82, 2.24) is 4.90 Å². The highest BCUT2D eigenvalue weighted by Crippen LogP contribution is 2.36. The number of hydrogen-bond donors (Lipinski definition) is 3. The predicted octanol–water partition coefficient (Wildman–Crippen LogP) is 3.76. The van der Waals surface area contributed by atoms with Crippen molar-refractivity contribution >= 4 is 34.5 Å². The van der Waals surface area contributed by atoms with Crippen LogP contribution in [0.25, 0.3) is 0 Å². The molecule has 6 nitrogen and oxygen atoms in total. The lowest BCUT2D eigenvalue weighted by Gasteiger charge is -2.27. The number of anilines is 2. The molecule has 1 aliphatic heterocycles. The van der Waals surface area contributed by atoms with Crippen LogP contribution in [0.4, 0.5) is 11.4 Å². The lowest BCUT2D eigenvalue weighted by atomic mass is 9.82. The van der Waals surface area contributed by atoms with E-state index in [1.807, 2.05) is 6.07 Å². The number of carbonyl (C=O) groups excluding carboxylic acids is 2. The first-order chi connectivity index (χ1) is 15.6. The van der Waals surface area contributed by atoms with Crippen LogP contribution in [-0.2, 0) is 0 Å². The van der Waals surface area contributed by atoms with Crippen molar-refractivity contribution in [2.24, 2.45) is 0 Å². The average molecular weight is 456 g/mol. The van der Waals surface area contributed by atoms with Crippen molar-refractivity contribution < 1.29 is 14.7 Å². The van der Waals surface area contributed by atoms with Crippen LogP contribution in [0.1, 0.15) is 57.5 Å². The molecule has 1 atom stereocenters. The maximum atomic E-state index is 13.4. The minimum absolute atomic E-state index is 0.0849. The zero-order valence-corrected chi connectivity index (χ0v) is 19.0. The topological polar surface area (TPSA) is 81.7 Å². The second-order valence-corrected chi connectivity index (χ2v) is 8.79. The van der Waals surface area contributed by atoms with E-state index >= 15 is 0 Å². The van der Waals surface area contributed by atoms with Crippen LogP contribution in [-0.4, -0.2) is 66.3 Å². The Morgan fingerprint density at radius 3 is 2.09 bits per heavy atom. The van der Waals surface area contributed by atoms with E-state index in [1.54, 1.807) is 30.3 Å². The van der Waals surface area contributed by atoms with Crippen LogP contribution < -0.4 is 10.6 Å². The van der Waals surface area contributed by atoms with Crippen LogP contribution in [0.5, 0.6) is 0 Å². The van der Waals surface area contributed by atoms with Gasteiger partial charge in [-0.3, -0.25) is 9.59 Å². The fraction of sp³-hybridized carbons (Fsp3) is 0.440. The van der Waals surface area contributed by atoms with Crippen molar-refractivity contribution in [2.45, 2.75) is 31.8 Å². The summed E-state index contributed by atoms with van der Waals surface area (Å²) in [6.07, 6.45) is 4.07. The molecule has 0 aromatic heterocycles. The zero-order valence-electron chi connectivity index (χ0n) is 18.2. The Kier molecular flexibility index (Phi) is 7.45. The van der Waals surface area contributed by atoms with Gasteiger partial charge in [0.25, 0.3) is 0 Å². The Labute approximate surface area is 194 Å². The number of carbonyl (C=O) groups is 2. The molecule has 1 saturated heterocycles. The summed E-state index contributed by atoms with van der Waals surface area (Å²) < 4.78 is 0. The number of likely N-dealkylation sites (tertiary alicyclic amines) is 1. The van der Waals surface area contributed by atoms with E-state index in [-0.39, 0.29) is 24.0 Å². The van der Waals surface area contributed by atoms with Crippen molar-refractivity contribution in [1.29, 1.82) is 0 Å². The second-order valence-electron chi connectivity index (χ2n) is 8.49. The molecular formula is C25H30ClN3O3. The van der Waals surface area contributed by atoms with Gasteiger partial charge in [0.05, 0.1) is 23.1 Å². The minimum Gasteiger partial charge on any atom is -0.390 e. The van der Waals surface area contributed by atoms with Gasteiger partial charge >= 0.3 is 0 Å². The number of nitrogens with one attached hydrogen (secondary N) is 2. The summed E-state index contributed by atoms with van der Waals surface area (Å²) in [4.78, 5) is 29.3. The Morgan fingerprint density at radius 1 is 0.906 bits per heavy atom. The van der Waals surface area contributed by atoms with Gasteiger partial charge in [-0.05, 0) is 51.0 Å². The van der Waals surface area contributed by atoms with E-state index in [1.165, 1.54) is 19.3 Å². The molecule has 1 unspecified atom stereocenters. The molecule has 1 fully saturated rings. The molecule has 1 heterocycles. The van der Waals surface area contributed by atoms with E-state index in [0.717, 1.165) is 32.6 Å². The molecule has 7 heteroatoms. The molecule has 0 spiro atoms. The summed E-state index contributed by atoms with van der Waals surface area (Å²) in [6.45, 7) is 4.27. The third kappa shape index (κ3) is 4.82. The molecule has 2 aliphatic rings. The van der Waals surface area contributed by atoms with Crippen molar-refractivity contribution in [3.8, 4) is 0 Å². The fourth-order valence-corrected chi connectivity index (χ4v) is 4.62. The van der Waals surface area contributed by atoms with Crippen molar-refractivity contribution in [3.63, 3.8) is 0 Å². The molecule has 170 valence electrons. The highest BCUT2D eigenvalue weighted by molar-refractivity contribution is 6.31. The summed E-state index contributed by atoms with van der Waals surface area (Å²) in [7, 11) is 0. The van der Waals surface area contributed by atoms with E-state index in [2.05, 4.69) is 15.5 Å². The van der Waals surface area contributed by atoms with Gasteiger partial charge in [0.2, 0.25) is 0 Å². The number of aliphatic hydroxyl groups excluding tert-OH is 1. The number of piperidine rings is 1. The van der Waals surface area contributed by atoms with Gasteiger partial charge in [0, 0.05) is 35.6 Å². The first kappa shape index (κ1) is 22.8. The predicted molar refractivity (Wildman–Crippen MR) is 128 cm³/mol. The zero-order chi connectivity index (χ0) is 22.5. The number of halogens is 1. The first-order valence-electron chi connectivity index (χ1n) is 11.4. The van der Waals surface area contributed by atoms with Crippen molar-refractivity contribution in [2.75, 3.05) is 49.2 Å². The lowest BCUT2D eigenvalue weighted by Crippen LogP contribution is -2.31. The number of aliphatic hydroxyl groups is 1. The lowest BCUT2D eigenvalue weighted by molar-refractivity contribution is 0.0980. The third-order valence-corrected chi connectivity index (χ3v) is 6.55. The molecule has 2 aromatic rings. The SMILES string of the molecule is O=C1c2ccccc2C(=O)c2c(NCC(O)CCl)ccc(NCCCN3CCCCC3)c21. The molecule has 1 aliphatic carbocycles. The average Bonchev–Trinajstić information content (AvgIpc) is 2.84. The highest BCUT2D eigenvalue weighted by Gasteiger charge is 2.33. The number of fused-ring (bicyclic) bond motifs is 2. The van der Waals surface area contributed by atoms with E-state index < -0.39 is 6.10 Å². The van der Waals surface area contributed by atoms with Crippen LogP contribution in [0.2, 0.25) is 0 Å². The van der Waals surface area contributed by atoms with Gasteiger partial charge in [0.1, 0.15) is 0 Å². The molecule has 0 saturated carbocycles. The molecule has 0 bridgehead atoms. The van der Waals surface area contributed by atoms with Crippen LogP contribution >= 0.6 is 11.6 Å². The van der Waals surface area contributed by atoms with E-state index in [0.29, 0.717) is 33.6 Å². The molecule has 4 rings (SSSR count). The number of rotatable bonds is 9. The molecule has 0 radical (unpaired) electrons. The number of hydrogen-bond acceptors (Lipinski definition) is 6. The Morgan fingerprint density at radius 2 is 1.50 bits per heavy atom. The van der Waals surface area contributed by atoms with Gasteiger partial charge in [-0.2, -0.15) is 0 Å². The van der Waals surface area contributed by atoms with Gasteiger partial charge in [-0.15, -0.1) is 11.6 Å². The molecule has 2 aromatic carbocycles. The summed E-state index contributed by atoms with van der Waals surface area (Å²) in [5.74, 6) is -0.257. The van der Waals surface area contributed by atoms with Gasteiger partial charge in [-0.1, -0.05) is 30.7 Å². The Hall–Kier alpha value is -2.41. The number of ketones is 2. The maximum Gasteiger partial charge on any atom is 0.196 e. The second kappa shape index (κ2) is 10.5. The molecular weight excluding hydrogens is 426 g/mol. The monoisotopic (exact) mass is 455 g/mol. The maximum absolute atomic E-state index is 13.4. The van der Waals surface area contributed by atoms with Crippen molar-refractivity contribution in [3.05, 3.63) is 58.7 Å². The molecule has 32 heavy (non-hydrogen) atoms. The number of alkyl halides is 1. The highest BCUT2D eigenvalue weighted by atomic mass is 35.5. The van der Waals surface area contributed by atoms with Gasteiger partial charge in [-0.25, -0.2) is 0 Å². The summed E-state index contributed by atoms with van der Waals surface area (Å²) in [5.41, 5.74) is 2.81. The molecule has 0 amide bonds. The minimum atomic E-state index is -0.749. The summed E-state index contributed by atoms with van der Waals surface area (Å²) in [6, 6.07) is 10.6. The number of benzene rings is 2. The standard InChI is InChI=1S/C25H30ClN3O3/c26-15-17(30)16-28-21-10-9-20(27-11-6-14-29-12-4-1-5-13-29)22-23(21)25(32)19-8-3-2-7-18(19)24(22)31/h2-3,7-10,17,27-28,30H,1,4-6,11-16H2. The summed E-state index contributed by atoms with van der Waals surface area (Å²) >= 11 is 5.71. The quantitative estimate of drug-likeness (QED) is 0.336. The third-order valence-electron chi connectivity index (χ3n) is 6.20. The Bertz CT molecular complexity index is 988. The van der Waals surface area contributed by atoms with Crippen LogP contribution in [0.3, 0.4) is 0 Å².